The molecule has 4 amide bonds. The third kappa shape index (κ3) is 11.9. The molecule has 0 aliphatic heterocycles. The van der Waals surface area contributed by atoms with Crippen molar-refractivity contribution in [1.82, 2.24) is 0 Å². The first-order valence-electron chi connectivity index (χ1n) is 18.2. The quantitative estimate of drug-likeness (QED) is 0.0484. The molecule has 22 heteroatoms. The van der Waals surface area contributed by atoms with E-state index in [-0.39, 0.29) is 85.4 Å². The first-order chi connectivity index (χ1) is 30.2. The summed E-state index contributed by atoms with van der Waals surface area (Å²) in [5.74, 6) is -4.38. The van der Waals surface area contributed by atoms with Gasteiger partial charge >= 0.3 is 0 Å². The van der Waals surface area contributed by atoms with Crippen molar-refractivity contribution in [3.05, 3.63) is 135 Å². The molecule has 2 unspecified atom stereocenters. The number of Topliss-reactive ketones (excluding diaryl/α,β-unsaturated/α-hetero) is 2. The van der Waals surface area contributed by atoms with Gasteiger partial charge in [-0.3, -0.25) is 28.8 Å². The maximum absolute atomic E-state index is 13.4. The molecule has 4 N–H and O–H groups in total. The van der Waals surface area contributed by atoms with Crippen molar-refractivity contribution in [2.45, 2.75) is 39.8 Å². The second kappa shape index (κ2) is 21.7. The van der Waals surface area contributed by atoms with Gasteiger partial charge in [0.2, 0.25) is 12.1 Å². The third-order valence-corrected chi connectivity index (χ3v) is 11.9. The number of halogens is 8. The SMILES string of the molecule is CC(=O)C(N=Nc1cccc(C(=O)Nc2cc(Cl)cc(Cl)c2Cl)c1Cl)C(=O)Nc1ccc(NC(=O)C(N=Nc2cccc(C(=O)Nc3cc(Cl)cc(Cl)c3Cl)c2Cl)C(C)=O)c(C)c1C. The van der Waals surface area contributed by atoms with Crippen molar-refractivity contribution in [3.63, 3.8) is 0 Å². The molecule has 0 aliphatic carbocycles. The molecule has 5 aromatic carbocycles. The Morgan fingerprint density at radius 1 is 0.469 bits per heavy atom. The summed E-state index contributed by atoms with van der Waals surface area (Å²) in [5.41, 5.74) is 1.65. The van der Waals surface area contributed by atoms with E-state index in [2.05, 4.69) is 41.7 Å². The zero-order chi connectivity index (χ0) is 47.2. The number of hydrogen-bond donors (Lipinski definition) is 4. The highest BCUT2D eigenvalue weighted by atomic mass is 35.5. The lowest BCUT2D eigenvalue weighted by atomic mass is 10.0. The molecule has 0 bridgehead atoms. The first kappa shape index (κ1) is 49.8. The van der Waals surface area contributed by atoms with E-state index in [1.807, 2.05) is 0 Å². The van der Waals surface area contributed by atoms with Crippen LogP contribution in [0.5, 0.6) is 0 Å². The van der Waals surface area contributed by atoms with Crippen molar-refractivity contribution >= 4 is 162 Å². The predicted molar refractivity (Wildman–Crippen MR) is 253 cm³/mol. The lowest BCUT2D eigenvalue weighted by Gasteiger charge is -2.17. The molecule has 5 aromatic rings. The Labute approximate surface area is 405 Å². The Kier molecular flexibility index (Phi) is 16.9. The van der Waals surface area contributed by atoms with Crippen LogP contribution >= 0.6 is 92.8 Å². The molecular weight excluding hydrogens is 996 g/mol. The summed E-state index contributed by atoms with van der Waals surface area (Å²) >= 11 is 49.6. The number of hydrogen-bond acceptors (Lipinski definition) is 10. The highest BCUT2D eigenvalue weighted by molar-refractivity contribution is 6.46. The molecule has 0 heterocycles. The number of carbonyl (C=O) groups excluding carboxylic acids is 6. The Bertz CT molecular complexity index is 2630. The van der Waals surface area contributed by atoms with E-state index in [0.29, 0.717) is 11.1 Å². The van der Waals surface area contributed by atoms with E-state index in [9.17, 15) is 28.8 Å². The number of amides is 4. The van der Waals surface area contributed by atoms with Gasteiger partial charge in [0.15, 0.2) is 11.6 Å². The molecule has 0 aliphatic rings. The van der Waals surface area contributed by atoms with Crippen molar-refractivity contribution in [3.8, 4) is 0 Å². The molecule has 0 saturated heterocycles. The van der Waals surface area contributed by atoms with Crippen LogP contribution in [0.2, 0.25) is 40.2 Å². The lowest BCUT2D eigenvalue weighted by molar-refractivity contribution is -0.127. The van der Waals surface area contributed by atoms with Crippen LogP contribution in [-0.4, -0.2) is 47.3 Å². The first-order valence-corrected chi connectivity index (χ1v) is 21.2. The minimum absolute atomic E-state index is 0.0232. The summed E-state index contributed by atoms with van der Waals surface area (Å²) in [4.78, 5) is 78.3. The van der Waals surface area contributed by atoms with E-state index < -0.39 is 47.3 Å². The van der Waals surface area contributed by atoms with Crippen LogP contribution in [0, 0.1) is 13.8 Å². The Hall–Kier alpha value is -5.16. The summed E-state index contributed by atoms with van der Waals surface area (Å²) in [7, 11) is 0. The minimum atomic E-state index is -1.63. The number of carbonyl (C=O) groups is 6. The molecule has 0 spiro atoms. The number of rotatable bonds is 14. The van der Waals surface area contributed by atoms with E-state index in [1.54, 1.807) is 13.8 Å². The second-order valence-electron chi connectivity index (χ2n) is 13.5. The van der Waals surface area contributed by atoms with Gasteiger partial charge in [-0.15, -0.1) is 0 Å². The minimum Gasteiger partial charge on any atom is -0.324 e. The summed E-state index contributed by atoms with van der Waals surface area (Å²) in [6.07, 6.45) is 0. The summed E-state index contributed by atoms with van der Waals surface area (Å²) < 4.78 is 0. The molecule has 0 fully saturated rings. The van der Waals surface area contributed by atoms with Crippen LogP contribution in [0.25, 0.3) is 0 Å². The fourth-order valence-electron chi connectivity index (χ4n) is 5.59. The zero-order valence-electron chi connectivity index (χ0n) is 33.3. The maximum atomic E-state index is 13.4. The van der Waals surface area contributed by atoms with Crippen LogP contribution in [0.3, 0.4) is 0 Å². The van der Waals surface area contributed by atoms with Gasteiger partial charge in [-0.1, -0.05) is 105 Å². The van der Waals surface area contributed by atoms with Crippen LogP contribution in [-0.2, 0) is 19.2 Å². The van der Waals surface area contributed by atoms with Crippen LogP contribution < -0.4 is 21.3 Å². The smallest absolute Gasteiger partial charge is 0.258 e. The van der Waals surface area contributed by atoms with Crippen molar-refractivity contribution in [2.75, 3.05) is 21.3 Å². The molecule has 0 radical (unpaired) electrons. The van der Waals surface area contributed by atoms with E-state index in [0.717, 1.165) is 13.8 Å². The maximum Gasteiger partial charge on any atom is 0.258 e. The van der Waals surface area contributed by atoms with Gasteiger partial charge in [-0.05, 0) is 99.5 Å². The topological polar surface area (TPSA) is 200 Å². The number of anilines is 4. The molecule has 0 saturated carbocycles. The summed E-state index contributed by atoms with van der Waals surface area (Å²) in [6, 6.07) is 13.9. The molecular formula is C42H30Cl8N8O6. The fourth-order valence-corrected chi connectivity index (χ4v) is 7.39. The summed E-state index contributed by atoms with van der Waals surface area (Å²) in [5, 5.41) is 26.9. The van der Waals surface area contributed by atoms with Gasteiger partial charge in [0, 0.05) is 21.4 Å². The second-order valence-corrected chi connectivity index (χ2v) is 16.7. The Morgan fingerprint density at radius 3 is 1.17 bits per heavy atom. The van der Waals surface area contributed by atoms with Crippen LogP contribution in [0.4, 0.5) is 34.1 Å². The highest BCUT2D eigenvalue weighted by Gasteiger charge is 2.27. The van der Waals surface area contributed by atoms with Crippen molar-refractivity contribution < 1.29 is 28.8 Å². The highest BCUT2D eigenvalue weighted by Crippen LogP contribution is 2.37. The van der Waals surface area contributed by atoms with Crippen molar-refractivity contribution in [1.29, 1.82) is 0 Å². The largest absolute Gasteiger partial charge is 0.324 e. The number of nitrogens with one attached hydrogen (secondary N) is 4. The monoisotopic (exact) mass is 1020 g/mol. The zero-order valence-corrected chi connectivity index (χ0v) is 39.4. The third-order valence-electron chi connectivity index (χ3n) is 9.06. The number of nitrogens with zero attached hydrogens (tertiary/aromatic N) is 4. The molecule has 14 nitrogen and oxygen atoms in total. The molecule has 330 valence electrons. The van der Waals surface area contributed by atoms with Gasteiger partial charge in [-0.25, -0.2) is 0 Å². The normalized spacial score (nSPS) is 12.2. The van der Waals surface area contributed by atoms with Gasteiger partial charge in [0.05, 0.1) is 52.6 Å². The standard InChI is InChI=1S/C42H30Cl8N8O6/c1-17-18(2)28(52-42(64)38(20(4)60)58-56-30-10-6-8-24(34(30)48)40(62)54-32-16-22(44)14-26(46)36(32)50)12-11-27(17)51-41(63)37(19(3)59)57-55-29-9-5-7-23(33(29)47)39(61)53-31-15-21(43)13-25(45)35(31)49/h5-16,37-38H,1-4H3,(H,51,63)(H,52,64)(H,53,61)(H,54,62). The number of azo groups is 2. The predicted octanol–water partition coefficient (Wildman–Crippen LogP) is 13.4. The fraction of sp³-hybridized carbons (Fsp3) is 0.143. The Morgan fingerprint density at radius 2 is 0.828 bits per heavy atom. The summed E-state index contributed by atoms with van der Waals surface area (Å²) in [6.45, 7) is 5.58. The molecule has 64 heavy (non-hydrogen) atoms. The Balaban J connectivity index is 1.28. The number of benzene rings is 5. The van der Waals surface area contributed by atoms with Crippen LogP contribution in [0.1, 0.15) is 45.7 Å². The molecule has 2 atom stereocenters. The molecule has 0 aromatic heterocycles. The van der Waals surface area contributed by atoms with Crippen molar-refractivity contribution in [2.24, 2.45) is 20.5 Å². The van der Waals surface area contributed by atoms with Gasteiger partial charge in [0.1, 0.15) is 11.4 Å². The van der Waals surface area contributed by atoms with E-state index >= 15 is 0 Å². The average Bonchev–Trinajstić information content (AvgIpc) is 3.22. The van der Waals surface area contributed by atoms with Crippen LogP contribution in [0.15, 0.2) is 93.3 Å². The van der Waals surface area contributed by atoms with E-state index in [4.69, 9.17) is 92.8 Å². The van der Waals surface area contributed by atoms with Gasteiger partial charge < -0.3 is 21.3 Å². The lowest BCUT2D eigenvalue weighted by Crippen LogP contribution is -2.33. The average molecular weight is 1030 g/mol. The number of ketones is 2. The van der Waals surface area contributed by atoms with Gasteiger partial charge in [0.25, 0.3) is 23.6 Å². The van der Waals surface area contributed by atoms with E-state index in [1.165, 1.54) is 72.8 Å². The molecule has 5 rings (SSSR count). The van der Waals surface area contributed by atoms with Gasteiger partial charge in [-0.2, -0.15) is 20.5 Å².